The molecule has 15 heteroatoms. The molecule has 1 unspecified atom stereocenters. The summed E-state index contributed by atoms with van der Waals surface area (Å²) in [4.78, 5) is 18.8. The first-order valence-corrected chi connectivity index (χ1v) is 23.8. The van der Waals surface area contributed by atoms with Gasteiger partial charge in [0, 0.05) is 40.7 Å². The van der Waals surface area contributed by atoms with Gasteiger partial charge in [0.2, 0.25) is 0 Å². The molecule has 1 saturated heterocycles. The molecule has 0 aliphatic carbocycles. The van der Waals surface area contributed by atoms with Crippen LogP contribution in [0, 0.1) is 0 Å². The second kappa shape index (κ2) is 16.6. The lowest BCUT2D eigenvalue weighted by molar-refractivity contribution is -0.137. The highest BCUT2D eigenvalue weighted by Gasteiger charge is 2.43. The fraction of sp³-hybridized carbons (Fsp3) is 0.333. The summed E-state index contributed by atoms with van der Waals surface area (Å²) in [6.07, 6.45) is -3.88. The fourth-order valence-electron chi connectivity index (χ4n) is 6.54. The largest absolute Gasteiger partial charge is 0.466 e. The van der Waals surface area contributed by atoms with Crippen molar-refractivity contribution in [3.63, 3.8) is 0 Å². The van der Waals surface area contributed by atoms with Gasteiger partial charge in [-0.3, -0.25) is 4.72 Å². The van der Waals surface area contributed by atoms with Crippen LogP contribution >= 0.6 is 11.3 Å². The van der Waals surface area contributed by atoms with E-state index in [4.69, 9.17) is 9.16 Å². The number of anilines is 1. The standard InChI is InChI=1S/C42H46F3N3O6S2Si/c1-41(2,3)57(4,5)54-38(53-35-9-7-6-8-10-35)26-34-22-21-33(48(34)40(49)50)25-28-11-19-32(20-12-28)47-56(51,52)36-23-15-30(16-24-36)39-46-37(27-55-39)29-13-17-31(18-14-29)42(43,44)45/h6-20,23-24,27,33-34,38,47H,21-22,25-26H2,1-5H3,(H,49,50)/t33-,34+,38?/m0/s1. The first-order valence-electron chi connectivity index (χ1n) is 18.6. The molecule has 0 bridgehead atoms. The number of aromatic nitrogens is 1. The molecular weight excluding hydrogens is 792 g/mol. The Morgan fingerprint density at radius 3 is 2.12 bits per heavy atom. The number of hydrogen-bond acceptors (Lipinski definition) is 7. The van der Waals surface area contributed by atoms with Crippen molar-refractivity contribution in [3.8, 4) is 27.6 Å². The van der Waals surface area contributed by atoms with Crippen LogP contribution in [0.5, 0.6) is 5.75 Å². The van der Waals surface area contributed by atoms with E-state index in [9.17, 15) is 31.5 Å². The van der Waals surface area contributed by atoms with Gasteiger partial charge in [-0.25, -0.2) is 18.2 Å². The lowest BCUT2D eigenvalue weighted by Crippen LogP contribution is -2.48. The minimum Gasteiger partial charge on any atom is -0.466 e. The van der Waals surface area contributed by atoms with Crippen molar-refractivity contribution in [1.29, 1.82) is 0 Å². The van der Waals surface area contributed by atoms with Gasteiger partial charge in [0.1, 0.15) is 10.8 Å². The van der Waals surface area contributed by atoms with Crippen LogP contribution in [-0.2, 0) is 27.0 Å². The molecule has 3 atom stereocenters. The quantitative estimate of drug-likeness (QED) is 0.0895. The number of thiazole rings is 1. The Kier molecular flexibility index (Phi) is 12.2. The smallest absolute Gasteiger partial charge is 0.416 e. The summed E-state index contributed by atoms with van der Waals surface area (Å²) in [6.45, 7) is 10.8. The van der Waals surface area contributed by atoms with Crippen LogP contribution in [0.3, 0.4) is 0 Å². The minimum atomic E-state index is -4.43. The number of halogens is 3. The third-order valence-electron chi connectivity index (χ3n) is 10.6. The molecule has 9 nitrogen and oxygen atoms in total. The Labute approximate surface area is 336 Å². The average molecular weight is 838 g/mol. The maximum Gasteiger partial charge on any atom is 0.416 e. The van der Waals surface area contributed by atoms with Crippen molar-refractivity contribution in [2.45, 2.75) is 94.0 Å². The lowest BCUT2D eigenvalue weighted by atomic mass is 10.0. The molecule has 1 aliphatic rings. The van der Waals surface area contributed by atoms with Gasteiger partial charge in [0.15, 0.2) is 14.6 Å². The molecule has 1 aliphatic heterocycles. The van der Waals surface area contributed by atoms with E-state index in [0.29, 0.717) is 58.9 Å². The monoisotopic (exact) mass is 837 g/mol. The summed E-state index contributed by atoms with van der Waals surface area (Å²) < 4.78 is 81.1. The number of carboxylic acid groups (broad SMARTS) is 1. The highest BCUT2D eigenvalue weighted by molar-refractivity contribution is 7.92. The molecule has 2 N–H and O–H groups in total. The van der Waals surface area contributed by atoms with Crippen molar-refractivity contribution < 1.29 is 40.7 Å². The number of ether oxygens (including phenoxy) is 1. The number of rotatable bonds is 13. The first-order chi connectivity index (χ1) is 26.8. The van der Waals surface area contributed by atoms with Gasteiger partial charge in [-0.1, -0.05) is 75.4 Å². The number of hydrogen-bond donors (Lipinski definition) is 2. The van der Waals surface area contributed by atoms with Crippen molar-refractivity contribution in [1.82, 2.24) is 9.88 Å². The summed E-state index contributed by atoms with van der Waals surface area (Å²) in [5.41, 5.74) is 2.20. The number of benzene rings is 4. The van der Waals surface area contributed by atoms with E-state index in [1.54, 1.807) is 41.8 Å². The number of nitrogens with zero attached hydrogens (tertiary/aromatic N) is 2. The lowest BCUT2D eigenvalue weighted by Gasteiger charge is -2.40. The highest BCUT2D eigenvalue weighted by Crippen LogP contribution is 2.40. The number of amides is 1. The minimum absolute atomic E-state index is 0.0380. The van der Waals surface area contributed by atoms with Gasteiger partial charge in [0.05, 0.1) is 16.2 Å². The normalized spacial score (nSPS) is 17.0. The predicted molar refractivity (Wildman–Crippen MR) is 219 cm³/mol. The van der Waals surface area contributed by atoms with Crippen LogP contribution in [0.1, 0.15) is 51.2 Å². The summed E-state index contributed by atoms with van der Waals surface area (Å²) in [5.74, 6) is 0.664. The van der Waals surface area contributed by atoms with E-state index in [1.165, 1.54) is 40.5 Å². The molecule has 5 aromatic rings. The van der Waals surface area contributed by atoms with E-state index in [0.717, 1.165) is 17.7 Å². The van der Waals surface area contributed by atoms with Crippen molar-refractivity contribution >= 4 is 41.5 Å². The highest BCUT2D eigenvalue weighted by atomic mass is 32.2. The molecule has 302 valence electrons. The van der Waals surface area contributed by atoms with Crippen molar-refractivity contribution in [2.75, 3.05) is 4.72 Å². The predicted octanol–water partition coefficient (Wildman–Crippen LogP) is 11.2. The van der Waals surface area contributed by atoms with Gasteiger partial charge >= 0.3 is 12.3 Å². The van der Waals surface area contributed by atoms with Crippen LogP contribution in [0.4, 0.5) is 23.7 Å². The molecule has 57 heavy (non-hydrogen) atoms. The summed E-state index contributed by atoms with van der Waals surface area (Å²) in [7, 11) is -6.22. The molecule has 1 aromatic heterocycles. The second-order valence-electron chi connectivity index (χ2n) is 15.7. The van der Waals surface area contributed by atoms with E-state index < -0.39 is 42.5 Å². The van der Waals surface area contributed by atoms with Crippen LogP contribution < -0.4 is 9.46 Å². The van der Waals surface area contributed by atoms with Crippen molar-refractivity contribution in [2.24, 2.45) is 0 Å². The molecule has 6 rings (SSSR count). The maximum absolute atomic E-state index is 13.3. The van der Waals surface area contributed by atoms with Crippen LogP contribution in [-0.4, -0.2) is 56.2 Å². The number of alkyl halides is 3. The molecule has 2 heterocycles. The summed E-state index contributed by atoms with van der Waals surface area (Å²) in [6, 6.07) is 26.7. The topological polar surface area (TPSA) is 118 Å². The number of nitrogens with one attached hydrogen (secondary N) is 1. The summed E-state index contributed by atoms with van der Waals surface area (Å²) >= 11 is 1.30. The van der Waals surface area contributed by atoms with Crippen LogP contribution in [0.25, 0.3) is 21.8 Å². The fourth-order valence-corrected chi connectivity index (χ4v) is 9.59. The zero-order chi connectivity index (χ0) is 41.2. The third-order valence-corrected chi connectivity index (χ3v) is 17.4. The van der Waals surface area contributed by atoms with Gasteiger partial charge in [-0.2, -0.15) is 13.2 Å². The Hall–Kier alpha value is -4.70. The maximum atomic E-state index is 13.3. The summed E-state index contributed by atoms with van der Waals surface area (Å²) in [5, 5.41) is 12.6. The molecule has 0 radical (unpaired) electrons. The van der Waals surface area contributed by atoms with E-state index in [-0.39, 0.29) is 22.0 Å². The molecule has 0 saturated carbocycles. The van der Waals surface area contributed by atoms with Gasteiger partial charge in [-0.05, 0) is 91.5 Å². The van der Waals surface area contributed by atoms with E-state index in [1.807, 2.05) is 30.3 Å². The number of para-hydroxylation sites is 1. The second-order valence-corrected chi connectivity index (χ2v) is 23.0. The number of sulfonamides is 1. The Morgan fingerprint density at radius 2 is 1.53 bits per heavy atom. The Morgan fingerprint density at radius 1 is 0.912 bits per heavy atom. The molecule has 0 spiro atoms. The van der Waals surface area contributed by atoms with Gasteiger partial charge in [-0.15, -0.1) is 11.3 Å². The van der Waals surface area contributed by atoms with Gasteiger partial charge in [0.25, 0.3) is 10.0 Å². The third kappa shape index (κ3) is 10.2. The van der Waals surface area contributed by atoms with Crippen LogP contribution in [0.15, 0.2) is 113 Å². The molecule has 4 aromatic carbocycles. The van der Waals surface area contributed by atoms with E-state index in [2.05, 4.69) is 43.6 Å². The Bertz CT molecular complexity index is 2250. The average Bonchev–Trinajstić information content (AvgIpc) is 3.80. The van der Waals surface area contributed by atoms with Gasteiger partial charge < -0.3 is 19.2 Å². The molecule has 1 amide bonds. The van der Waals surface area contributed by atoms with E-state index >= 15 is 0 Å². The number of carbonyl (C=O) groups is 1. The molecular formula is C42H46F3N3O6S2Si. The zero-order valence-corrected chi connectivity index (χ0v) is 34.9. The van der Waals surface area contributed by atoms with Crippen LogP contribution in [0.2, 0.25) is 18.1 Å². The SMILES string of the molecule is CC(C)(C)[Si](C)(C)OC(C[C@H]1CC[C@@H](Cc2ccc(NS(=O)(=O)c3ccc(-c4nc(-c5ccc(C(F)(F)F)cc5)cs4)cc3)cc2)N1C(=O)O)Oc1ccccc1. The zero-order valence-electron chi connectivity index (χ0n) is 32.3. The Balaban J connectivity index is 1.08. The van der Waals surface area contributed by atoms with Crippen molar-refractivity contribution in [3.05, 3.63) is 120 Å². The number of likely N-dealkylation sites (tertiary alicyclic amines) is 1. The first kappa shape index (κ1) is 41.9. The molecule has 1 fully saturated rings.